The molecule has 1 atom stereocenters. The van der Waals surface area contributed by atoms with E-state index < -0.39 is 0 Å². The Morgan fingerprint density at radius 3 is 2.67 bits per heavy atom. The summed E-state index contributed by atoms with van der Waals surface area (Å²) in [6, 6.07) is 10.6. The van der Waals surface area contributed by atoms with Crippen molar-refractivity contribution in [3.05, 3.63) is 35.9 Å². The molecule has 21 heavy (non-hydrogen) atoms. The first-order valence-corrected chi connectivity index (χ1v) is 7.91. The van der Waals surface area contributed by atoms with Crippen LogP contribution in [0.4, 0.5) is 0 Å². The summed E-state index contributed by atoms with van der Waals surface area (Å²) in [5, 5.41) is 0. The number of morpholine rings is 1. The van der Waals surface area contributed by atoms with Crippen molar-refractivity contribution in [2.24, 2.45) is 0 Å². The molecule has 1 aromatic carbocycles. The first-order valence-electron chi connectivity index (χ1n) is 7.91. The van der Waals surface area contributed by atoms with Gasteiger partial charge in [0.15, 0.2) is 5.78 Å². The van der Waals surface area contributed by atoms with Gasteiger partial charge in [0.25, 0.3) is 0 Å². The van der Waals surface area contributed by atoms with Crippen molar-refractivity contribution in [1.29, 1.82) is 0 Å². The topological polar surface area (TPSA) is 32.8 Å². The summed E-state index contributed by atoms with van der Waals surface area (Å²) in [5.74, 6) is 0.323. The minimum Gasteiger partial charge on any atom is -0.379 e. The Kier molecular flexibility index (Phi) is 5.01. The predicted octanol–water partition coefficient (Wildman–Crippen LogP) is 1.20. The van der Waals surface area contributed by atoms with Crippen LogP contribution in [0.15, 0.2) is 30.3 Å². The van der Waals surface area contributed by atoms with Crippen molar-refractivity contribution in [2.45, 2.75) is 18.9 Å². The van der Waals surface area contributed by atoms with Gasteiger partial charge in [0.05, 0.1) is 19.8 Å². The Hall–Kier alpha value is -1.23. The summed E-state index contributed by atoms with van der Waals surface area (Å²) < 4.78 is 5.41. The average molecular weight is 288 g/mol. The molecule has 2 fully saturated rings. The van der Waals surface area contributed by atoms with Crippen LogP contribution in [0, 0.1) is 0 Å². The maximum Gasteiger partial charge on any atom is 0.151 e. The van der Waals surface area contributed by atoms with Gasteiger partial charge in [-0.15, -0.1) is 0 Å². The summed E-state index contributed by atoms with van der Waals surface area (Å²) in [7, 11) is 0. The van der Waals surface area contributed by atoms with E-state index in [2.05, 4.69) is 9.80 Å². The molecule has 114 valence electrons. The van der Waals surface area contributed by atoms with Gasteiger partial charge in [0, 0.05) is 38.6 Å². The second-order valence-electron chi connectivity index (χ2n) is 6.03. The van der Waals surface area contributed by atoms with Gasteiger partial charge in [-0.25, -0.2) is 0 Å². The normalized spacial score (nSPS) is 24.3. The van der Waals surface area contributed by atoms with Crippen molar-refractivity contribution in [1.82, 2.24) is 9.80 Å². The maximum absolute atomic E-state index is 12.2. The lowest BCUT2D eigenvalue weighted by atomic mass is 10.1. The van der Waals surface area contributed by atoms with Gasteiger partial charge in [-0.1, -0.05) is 30.3 Å². The number of hydrogen-bond acceptors (Lipinski definition) is 4. The summed E-state index contributed by atoms with van der Waals surface area (Å²) in [5.41, 5.74) is 1.12. The highest BCUT2D eigenvalue weighted by atomic mass is 16.5. The van der Waals surface area contributed by atoms with Gasteiger partial charge >= 0.3 is 0 Å². The Labute approximate surface area is 126 Å². The van der Waals surface area contributed by atoms with Crippen LogP contribution >= 0.6 is 0 Å². The molecule has 2 aliphatic heterocycles. The van der Waals surface area contributed by atoms with Crippen molar-refractivity contribution >= 4 is 5.78 Å². The lowest BCUT2D eigenvalue weighted by Crippen LogP contribution is -2.45. The van der Waals surface area contributed by atoms with Crippen LogP contribution in [0.3, 0.4) is 0 Å². The molecule has 4 heteroatoms. The zero-order valence-electron chi connectivity index (χ0n) is 12.5. The molecule has 0 spiro atoms. The molecule has 0 bridgehead atoms. The van der Waals surface area contributed by atoms with E-state index in [1.807, 2.05) is 30.3 Å². The molecule has 1 aromatic rings. The molecule has 2 aliphatic rings. The van der Waals surface area contributed by atoms with Crippen molar-refractivity contribution in [3.8, 4) is 0 Å². The van der Waals surface area contributed by atoms with Crippen LogP contribution in [-0.2, 0) is 16.0 Å². The fourth-order valence-corrected chi connectivity index (χ4v) is 3.33. The van der Waals surface area contributed by atoms with Crippen molar-refractivity contribution in [2.75, 3.05) is 45.9 Å². The summed E-state index contributed by atoms with van der Waals surface area (Å²) >= 11 is 0. The van der Waals surface area contributed by atoms with E-state index in [9.17, 15) is 4.79 Å². The van der Waals surface area contributed by atoms with Gasteiger partial charge < -0.3 is 4.74 Å². The second-order valence-corrected chi connectivity index (χ2v) is 6.03. The van der Waals surface area contributed by atoms with Crippen LogP contribution in [0.25, 0.3) is 0 Å². The van der Waals surface area contributed by atoms with Crippen LogP contribution in [-0.4, -0.2) is 67.6 Å². The van der Waals surface area contributed by atoms with E-state index in [0.29, 0.717) is 24.8 Å². The highest BCUT2D eigenvalue weighted by Crippen LogP contribution is 2.17. The van der Waals surface area contributed by atoms with E-state index in [0.717, 1.165) is 45.0 Å². The minimum absolute atomic E-state index is 0.323. The first-order chi connectivity index (χ1) is 10.3. The number of nitrogens with zero attached hydrogens (tertiary/aromatic N) is 2. The summed E-state index contributed by atoms with van der Waals surface area (Å²) in [4.78, 5) is 17.0. The number of hydrogen-bond donors (Lipinski definition) is 0. The van der Waals surface area contributed by atoms with E-state index in [1.54, 1.807) is 0 Å². The molecule has 0 N–H and O–H groups in total. The quantitative estimate of drug-likeness (QED) is 0.815. The third-order valence-electron chi connectivity index (χ3n) is 4.45. The number of carbonyl (C=O) groups is 1. The smallest absolute Gasteiger partial charge is 0.151 e. The van der Waals surface area contributed by atoms with Crippen LogP contribution in [0.2, 0.25) is 0 Å². The Balaban J connectivity index is 1.45. The Morgan fingerprint density at radius 1 is 1.14 bits per heavy atom. The minimum atomic E-state index is 0.323. The zero-order chi connectivity index (χ0) is 14.5. The Morgan fingerprint density at radius 2 is 1.90 bits per heavy atom. The van der Waals surface area contributed by atoms with E-state index >= 15 is 0 Å². The highest BCUT2D eigenvalue weighted by molar-refractivity contribution is 5.82. The lowest BCUT2D eigenvalue weighted by molar-refractivity contribution is -0.119. The number of carbonyl (C=O) groups excluding carboxylic acids is 1. The summed E-state index contributed by atoms with van der Waals surface area (Å²) in [6.45, 7) is 6.44. The molecule has 4 nitrogen and oxygen atoms in total. The van der Waals surface area contributed by atoms with Crippen LogP contribution in [0.1, 0.15) is 12.0 Å². The molecule has 0 amide bonds. The molecule has 0 aliphatic carbocycles. The lowest BCUT2D eigenvalue weighted by Gasteiger charge is -2.32. The molecular weight excluding hydrogens is 264 g/mol. The maximum atomic E-state index is 12.2. The van der Waals surface area contributed by atoms with Crippen molar-refractivity contribution < 1.29 is 9.53 Å². The number of rotatable bonds is 5. The van der Waals surface area contributed by atoms with E-state index in [1.165, 1.54) is 6.42 Å². The third kappa shape index (κ3) is 4.13. The second kappa shape index (κ2) is 7.16. The van der Waals surface area contributed by atoms with Gasteiger partial charge in [-0.2, -0.15) is 0 Å². The Bertz CT molecular complexity index is 457. The third-order valence-corrected chi connectivity index (χ3v) is 4.45. The molecule has 0 saturated carbocycles. The van der Waals surface area contributed by atoms with Crippen LogP contribution < -0.4 is 0 Å². The standard InChI is InChI=1S/C17H24N2O2/c20-17(12-15-4-2-1-3-5-15)14-18-7-6-16(13-18)19-8-10-21-11-9-19/h1-5,16H,6-14H2. The number of benzene rings is 1. The first kappa shape index (κ1) is 14.7. The van der Waals surface area contributed by atoms with Gasteiger partial charge in [-0.3, -0.25) is 14.6 Å². The zero-order valence-corrected chi connectivity index (χ0v) is 12.5. The molecule has 0 aromatic heterocycles. The molecule has 2 saturated heterocycles. The molecule has 0 radical (unpaired) electrons. The van der Waals surface area contributed by atoms with Crippen LogP contribution in [0.5, 0.6) is 0 Å². The molecule has 3 rings (SSSR count). The number of ether oxygens (including phenoxy) is 1. The number of ketones is 1. The van der Waals surface area contributed by atoms with Crippen molar-refractivity contribution in [3.63, 3.8) is 0 Å². The fraction of sp³-hybridized carbons (Fsp3) is 0.588. The molecule has 2 heterocycles. The largest absolute Gasteiger partial charge is 0.379 e. The number of likely N-dealkylation sites (tertiary alicyclic amines) is 1. The monoisotopic (exact) mass is 288 g/mol. The van der Waals surface area contributed by atoms with E-state index in [-0.39, 0.29) is 0 Å². The van der Waals surface area contributed by atoms with E-state index in [4.69, 9.17) is 4.74 Å². The summed E-state index contributed by atoms with van der Waals surface area (Å²) in [6.07, 6.45) is 1.73. The van der Waals surface area contributed by atoms with Gasteiger partial charge in [-0.05, 0) is 12.0 Å². The van der Waals surface area contributed by atoms with Gasteiger partial charge in [0.2, 0.25) is 0 Å². The van der Waals surface area contributed by atoms with Gasteiger partial charge in [0.1, 0.15) is 0 Å². The highest BCUT2D eigenvalue weighted by Gasteiger charge is 2.29. The average Bonchev–Trinajstić information content (AvgIpc) is 2.97. The number of Topliss-reactive ketones (excluding diaryl/α,β-unsaturated/α-hetero) is 1. The fourth-order valence-electron chi connectivity index (χ4n) is 3.33. The molecular formula is C17H24N2O2. The molecule has 1 unspecified atom stereocenters. The predicted molar refractivity (Wildman–Crippen MR) is 82.4 cm³/mol. The SMILES string of the molecule is O=C(Cc1ccccc1)CN1CCC(N2CCOCC2)C1.